The number of thiophene rings is 1. The SMILES string of the molecule is CC.CC.Cc1cc2c(-c3cnn(PI)c3)ccc(B3OC(C)(C)C(C)(C)O3)c2s1. The standard InChI is InChI=1S/C18H21BIN2O2PS.2C2H6/c1-11-8-14-13(12-9-21-22(10-12)25-20)6-7-15(16(14)26-11)19-23-17(2,3)18(4,5)24-19;2*1-2/h6-10,25H,1-5H3;2*1-2H3. The number of hydrogen-bond acceptors (Lipinski definition) is 4. The molecule has 0 aliphatic carbocycles. The van der Waals surface area contributed by atoms with E-state index >= 15 is 0 Å². The Bertz CT molecular complexity index is 971. The highest BCUT2D eigenvalue weighted by molar-refractivity contribution is 14.2. The molecule has 0 radical (unpaired) electrons. The molecule has 8 heteroatoms. The average Bonchev–Trinajstić information content (AvgIpc) is 3.40. The van der Waals surface area contributed by atoms with Crippen LogP contribution in [0.15, 0.2) is 30.6 Å². The summed E-state index contributed by atoms with van der Waals surface area (Å²) in [5.41, 5.74) is 2.81. The van der Waals surface area contributed by atoms with Gasteiger partial charge in [-0.25, -0.2) is 4.45 Å². The topological polar surface area (TPSA) is 36.3 Å². The number of aromatic nitrogens is 2. The van der Waals surface area contributed by atoms with Crippen LogP contribution in [0, 0.1) is 6.92 Å². The van der Waals surface area contributed by atoms with E-state index in [2.05, 4.69) is 86.2 Å². The van der Waals surface area contributed by atoms with E-state index in [1.165, 1.54) is 20.5 Å². The van der Waals surface area contributed by atoms with Gasteiger partial charge < -0.3 is 9.31 Å². The van der Waals surface area contributed by atoms with Gasteiger partial charge in [-0.2, -0.15) is 5.10 Å². The van der Waals surface area contributed by atoms with Crippen LogP contribution >= 0.6 is 39.8 Å². The summed E-state index contributed by atoms with van der Waals surface area (Å²) in [6, 6.07) is 6.58. The molecular weight excluding hydrogens is 525 g/mol. The summed E-state index contributed by atoms with van der Waals surface area (Å²) in [7, 11) is -0.340. The van der Waals surface area contributed by atoms with Gasteiger partial charge in [0.1, 0.15) is 0 Å². The number of benzene rings is 1. The molecule has 4 rings (SSSR count). The predicted octanol–water partition coefficient (Wildman–Crippen LogP) is 7.22. The number of hydrogen-bond donors (Lipinski definition) is 0. The summed E-state index contributed by atoms with van der Waals surface area (Å²) in [5, 5.41) is 5.68. The van der Waals surface area contributed by atoms with E-state index in [-0.39, 0.29) is 18.3 Å². The molecule has 0 spiro atoms. The summed E-state index contributed by atoms with van der Waals surface area (Å²) in [4.78, 5) is 1.29. The molecule has 1 aliphatic rings. The minimum atomic E-state index is -0.340. The van der Waals surface area contributed by atoms with Crippen molar-refractivity contribution < 1.29 is 9.31 Å². The second-order valence-electron chi connectivity index (χ2n) is 7.65. The fourth-order valence-electron chi connectivity index (χ4n) is 3.18. The Morgan fingerprint density at radius 3 is 2.20 bits per heavy atom. The van der Waals surface area contributed by atoms with E-state index in [0.717, 1.165) is 11.0 Å². The molecule has 3 aromatic rings. The maximum Gasteiger partial charge on any atom is 0.496 e. The maximum atomic E-state index is 6.30. The second kappa shape index (κ2) is 10.4. The summed E-state index contributed by atoms with van der Waals surface area (Å²) in [6.45, 7) is 18.5. The zero-order valence-electron chi connectivity index (χ0n) is 19.5. The second-order valence-corrected chi connectivity index (χ2v) is 11.0. The zero-order chi connectivity index (χ0) is 22.7. The average molecular weight is 558 g/mol. The van der Waals surface area contributed by atoms with Crippen LogP contribution in [-0.2, 0) is 9.31 Å². The summed E-state index contributed by atoms with van der Waals surface area (Å²) >= 11 is 4.14. The number of fused-ring (bicyclic) bond motifs is 1. The van der Waals surface area contributed by atoms with E-state index < -0.39 is 0 Å². The van der Waals surface area contributed by atoms with E-state index in [0.29, 0.717) is 6.37 Å². The molecule has 0 saturated carbocycles. The van der Waals surface area contributed by atoms with E-state index in [9.17, 15) is 0 Å². The molecule has 1 fully saturated rings. The van der Waals surface area contributed by atoms with Crippen LogP contribution in [0.2, 0.25) is 0 Å². The Morgan fingerprint density at radius 1 is 1.07 bits per heavy atom. The van der Waals surface area contributed by atoms with Crippen molar-refractivity contribution in [2.24, 2.45) is 0 Å². The predicted molar refractivity (Wildman–Crippen MR) is 144 cm³/mol. The highest BCUT2D eigenvalue weighted by atomic mass is 127. The Kier molecular flexibility index (Phi) is 8.97. The van der Waals surface area contributed by atoms with Gasteiger partial charge in [-0.1, -0.05) is 39.8 Å². The van der Waals surface area contributed by atoms with Gasteiger partial charge in [0.15, 0.2) is 0 Å². The fourth-order valence-corrected chi connectivity index (χ4v) is 5.32. The highest BCUT2D eigenvalue weighted by Crippen LogP contribution is 2.39. The molecule has 1 aliphatic heterocycles. The van der Waals surface area contributed by atoms with Crippen LogP contribution in [0.5, 0.6) is 0 Å². The Balaban J connectivity index is 0.000000757. The Labute approximate surface area is 200 Å². The van der Waals surface area contributed by atoms with Crippen LogP contribution in [0.1, 0.15) is 60.3 Å². The van der Waals surface area contributed by atoms with Crippen molar-refractivity contribution in [2.75, 3.05) is 0 Å². The molecule has 164 valence electrons. The van der Waals surface area contributed by atoms with Crippen LogP contribution in [0.4, 0.5) is 0 Å². The monoisotopic (exact) mass is 558 g/mol. The number of aryl methyl sites for hydroxylation is 1. The third-order valence-corrected chi connectivity index (χ3v) is 8.32. The number of rotatable bonds is 3. The molecule has 0 bridgehead atoms. The van der Waals surface area contributed by atoms with Crippen molar-refractivity contribution in [1.82, 2.24) is 9.55 Å². The molecule has 0 N–H and O–H groups in total. The van der Waals surface area contributed by atoms with Crippen LogP contribution < -0.4 is 5.46 Å². The van der Waals surface area contributed by atoms with Gasteiger partial charge in [0.2, 0.25) is 0 Å². The Morgan fingerprint density at radius 2 is 1.67 bits per heavy atom. The van der Waals surface area contributed by atoms with E-state index in [4.69, 9.17) is 9.31 Å². The molecule has 2 aromatic heterocycles. The third kappa shape index (κ3) is 4.96. The van der Waals surface area contributed by atoms with Crippen LogP contribution in [0.3, 0.4) is 0 Å². The quantitative estimate of drug-likeness (QED) is 0.194. The van der Waals surface area contributed by atoms with Gasteiger partial charge in [-0.05, 0) is 68.3 Å². The molecular formula is C22H33BIN2O2PS. The first-order valence-electron chi connectivity index (χ1n) is 10.5. The lowest BCUT2D eigenvalue weighted by atomic mass is 9.77. The molecule has 1 saturated heterocycles. The summed E-state index contributed by atoms with van der Waals surface area (Å²) < 4.78 is 15.8. The van der Waals surface area contributed by atoms with Gasteiger partial charge in [0.05, 0.1) is 23.8 Å². The smallest absolute Gasteiger partial charge is 0.399 e. The lowest BCUT2D eigenvalue weighted by molar-refractivity contribution is 0.00578. The largest absolute Gasteiger partial charge is 0.496 e. The molecule has 30 heavy (non-hydrogen) atoms. The van der Waals surface area contributed by atoms with Crippen molar-refractivity contribution in [3.8, 4) is 11.1 Å². The van der Waals surface area contributed by atoms with Crippen molar-refractivity contribution >= 4 is 62.4 Å². The zero-order valence-corrected chi connectivity index (χ0v) is 23.4. The van der Waals surface area contributed by atoms with E-state index in [1.807, 2.05) is 38.3 Å². The van der Waals surface area contributed by atoms with Gasteiger partial charge in [-0.3, -0.25) is 0 Å². The van der Waals surface area contributed by atoms with Gasteiger partial charge in [0, 0.05) is 32.2 Å². The minimum absolute atomic E-state index is 0.336. The molecule has 4 nitrogen and oxygen atoms in total. The van der Waals surface area contributed by atoms with Crippen molar-refractivity contribution in [3.05, 3.63) is 35.5 Å². The van der Waals surface area contributed by atoms with Gasteiger partial charge in [0.25, 0.3) is 0 Å². The minimum Gasteiger partial charge on any atom is -0.399 e. The van der Waals surface area contributed by atoms with Crippen LogP contribution in [-0.4, -0.2) is 27.9 Å². The lowest BCUT2D eigenvalue weighted by Crippen LogP contribution is -2.41. The number of halogens is 1. The van der Waals surface area contributed by atoms with Gasteiger partial charge in [-0.15, -0.1) is 11.3 Å². The molecule has 1 unspecified atom stereocenters. The van der Waals surface area contributed by atoms with E-state index in [1.54, 1.807) is 11.3 Å². The molecule has 1 aromatic carbocycles. The van der Waals surface area contributed by atoms with Crippen LogP contribution in [0.25, 0.3) is 21.2 Å². The first-order valence-corrected chi connectivity index (χ1v) is 15.4. The van der Waals surface area contributed by atoms with Crippen molar-refractivity contribution in [3.63, 3.8) is 0 Å². The van der Waals surface area contributed by atoms with Crippen molar-refractivity contribution in [2.45, 2.75) is 73.5 Å². The number of nitrogens with zero attached hydrogens (tertiary/aromatic N) is 2. The molecule has 1 atom stereocenters. The highest BCUT2D eigenvalue weighted by Gasteiger charge is 2.52. The molecule has 3 heterocycles. The first-order chi connectivity index (χ1) is 14.2. The van der Waals surface area contributed by atoms with Gasteiger partial charge >= 0.3 is 7.12 Å². The normalized spacial score (nSPS) is 17.1. The Hall–Kier alpha value is -0.465. The summed E-state index contributed by atoms with van der Waals surface area (Å²) in [6.07, 6.45) is 4.66. The lowest BCUT2D eigenvalue weighted by Gasteiger charge is -2.32. The summed E-state index contributed by atoms with van der Waals surface area (Å²) in [5.74, 6) is 0. The maximum absolute atomic E-state index is 6.30. The van der Waals surface area contributed by atoms with Crippen molar-refractivity contribution in [1.29, 1.82) is 0 Å². The molecule has 0 amide bonds. The third-order valence-electron chi connectivity index (χ3n) is 5.32. The first kappa shape index (κ1) is 25.8. The fraction of sp³-hybridized carbons (Fsp3) is 0.500.